The third kappa shape index (κ3) is 4.52. The average molecular weight is 434 g/mol. The maximum atomic E-state index is 13.9. The molecule has 0 atom stereocenters. The molecule has 0 aliphatic heterocycles. The van der Waals surface area contributed by atoms with Gasteiger partial charge in [0.2, 0.25) is 0 Å². The topological polar surface area (TPSA) is 65.0 Å². The summed E-state index contributed by atoms with van der Waals surface area (Å²) in [7, 11) is -4.15. The molecule has 1 N–H and O–H groups in total. The lowest BCUT2D eigenvalue weighted by Gasteiger charge is -2.22. The molecule has 0 spiro atoms. The van der Waals surface area contributed by atoms with Crippen LogP contribution in [0.1, 0.15) is 16.7 Å². The van der Waals surface area contributed by atoms with Crippen molar-refractivity contribution in [2.75, 3.05) is 0 Å². The second kappa shape index (κ2) is 8.37. The van der Waals surface area contributed by atoms with Crippen molar-refractivity contribution in [3.8, 4) is 23.0 Å². The van der Waals surface area contributed by atoms with E-state index in [9.17, 15) is 9.67 Å². The smallest absolute Gasteiger partial charge is 0.507 e. The van der Waals surface area contributed by atoms with Crippen LogP contribution >= 0.6 is 7.82 Å². The highest BCUT2D eigenvalue weighted by Gasteiger charge is 2.35. The van der Waals surface area contributed by atoms with E-state index < -0.39 is 7.82 Å². The van der Waals surface area contributed by atoms with E-state index in [1.165, 1.54) is 6.07 Å². The predicted molar refractivity (Wildman–Crippen MR) is 122 cm³/mol. The Morgan fingerprint density at radius 2 is 1.19 bits per heavy atom. The third-order valence-corrected chi connectivity index (χ3v) is 6.19. The number of benzene rings is 4. The molecule has 0 bridgehead atoms. The van der Waals surface area contributed by atoms with Crippen molar-refractivity contribution >= 4 is 18.6 Å². The first-order valence-electron chi connectivity index (χ1n) is 9.87. The lowest BCUT2D eigenvalue weighted by molar-refractivity contribution is 0.298. The SMILES string of the molecule is Cc1ccc2c(OP(=O)(Oc3ccccc3C)Oc3ccccc3C)ccc(O)c2c1. The quantitative estimate of drug-likeness (QED) is 0.328. The second-order valence-corrected chi connectivity index (χ2v) is 8.83. The summed E-state index contributed by atoms with van der Waals surface area (Å²) in [5.74, 6) is 1.20. The minimum atomic E-state index is -4.15. The maximum Gasteiger partial charge on any atom is 0.647 e. The molecular weight excluding hydrogens is 411 g/mol. The van der Waals surface area contributed by atoms with E-state index in [4.69, 9.17) is 13.6 Å². The fraction of sp³-hybridized carbons (Fsp3) is 0.120. The number of phenolic OH excluding ortho intramolecular Hbond substituents is 1. The Morgan fingerprint density at radius 3 is 1.77 bits per heavy atom. The number of rotatable bonds is 6. The monoisotopic (exact) mass is 434 g/mol. The molecule has 4 aromatic carbocycles. The van der Waals surface area contributed by atoms with Crippen molar-refractivity contribution in [2.45, 2.75) is 20.8 Å². The molecule has 4 rings (SSSR count). The van der Waals surface area contributed by atoms with E-state index in [1.807, 2.05) is 63.2 Å². The Bertz CT molecular complexity index is 1250. The van der Waals surface area contributed by atoms with E-state index >= 15 is 0 Å². The number of aromatic hydroxyl groups is 1. The summed E-state index contributed by atoms with van der Waals surface area (Å²) in [5.41, 5.74) is 2.58. The average Bonchev–Trinajstić information content (AvgIpc) is 2.74. The molecule has 0 amide bonds. The molecule has 0 saturated carbocycles. The Balaban J connectivity index is 1.79. The fourth-order valence-corrected chi connectivity index (χ4v) is 4.64. The summed E-state index contributed by atoms with van der Waals surface area (Å²) in [4.78, 5) is 0. The van der Waals surface area contributed by atoms with E-state index in [1.54, 1.807) is 30.3 Å². The van der Waals surface area contributed by atoms with Gasteiger partial charge >= 0.3 is 7.82 Å². The number of phosphoric ester groups is 1. The van der Waals surface area contributed by atoms with Crippen LogP contribution in [-0.4, -0.2) is 5.11 Å². The van der Waals surface area contributed by atoms with Crippen molar-refractivity contribution < 1.29 is 23.2 Å². The van der Waals surface area contributed by atoms with Crippen LogP contribution < -0.4 is 13.6 Å². The van der Waals surface area contributed by atoms with Gasteiger partial charge in [0.1, 0.15) is 23.0 Å². The first-order valence-corrected chi connectivity index (χ1v) is 11.3. The number of aryl methyl sites for hydroxylation is 3. The molecule has 0 unspecified atom stereocenters. The summed E-state index contributed by atoms with van der Waals surface area (Å²) in [6.07, 6.45) is 0. The lowest BCUT2D eigenvalue weighted by Crippen LogP contribution is -2.09. The molecule has 0 aliphatic carbocycles. The largest absolute Gasteiger partial charge is 0.647 e. The molecule has 0 aliphatic rings. The van der Waals surface area contributed by atoms with E-state index in [2.05, 4.69) is 0 Å². The summed E-state index contributed by atoms with van der Waals surface area (Å²) in [6.45, 7) is 5.64. The maximum absolute atomic E-state index is 13.9. The normalized spacial score (nSPS) is 11.3. The molecule has 158 valence electrons. The Hall–Kier alpha value is -3.43. The van der Waals surface area contributed by atoms with Gasteiger partial charge in [-0.05, 0) is 62.2 Å². The summed E-state index contributed by atoms with van der Waals surface area (Å²) in [6, 6.07) is 23.1. The van der Waals surface area contributed by atoms with Crippen molar-refractivity contribution in [3.05, 3.63) is 95.6 Å². The zero-order valence-electron chi connectivity index (χ0n) is 17.5. The Labute approximate surface area is 181 Å². The number of para-hydroxylation sites is 2. The molecule has 31 heavy (non-hydrogen) atoms. The van der Waals surface area contributed by atoms with Gasteiger partial charge in [0.15, 0.2) is 0 Å². The first-order chi connectivity index (χ1) is 14.8. The van der Waals surface area contributed by atoms with E-state index in [-0.39, 0.29) is 5.75 Å². The third-order valence-electron chi connectivity index (χ3n) is 4.93. The number of phosphoric acid groups is 1. The molecule has 6 heteroatoms. The van der Waals surface area contributed by atoms with Crippen LogP contribution in [0.5, 0.6) is 23.0 Å². The Morgan fingerprint density at radius 1 is 0.645 bits per heavy atom. The number of phenols is 1. The van der Waals surface area contributed by atoms with Crippen LogP contribution in [0.4, 0.5) is 0 Å². The van der Waals surface area contributed by atoms with Gasteiger partial charge in [-0.15, -0.1) is 0 Å². The van der Waals surface area contributed by atoms with Gasteiger partial charge in [-0.1, -0.05) is 54.1 Å². The van der Waals surface area contributed by atoms with Crippen LogP contribution in [0.25, 0.3) is 10.8 Å². The van der Waals surface area contributed by atoms with Crippen LogP contribution in [-0.2, 0) is 4.57 Å². The molecule has 5 nitrogen and oxygen atoms in total. The van der Waals surface area contributed by atoms with Crippen molar-refractivity contribution in [1.29, 1.82) is 0 Å². The van der Waals surface area contributed by atoms with Crippen molar-refractivity contribution in [3.63, 3.8) is 0 Å². The van der Waals surface area contributed by atoms with Gasteiger partial charge in [0.25, 0.3) is 0 Å². The zero-order valence-corrected chi connectivity index (χ0v) is 18.4. The van der Waals surface area contributed by atoms with Crippen molar-refractivity contribution in [1.82, 2.24) is 0 Å². The molecule has 0 saturated heterocycles. The minimum absolute atomic E-state index is 0.112. The molecule has 0 fully saturated rings. The summed E-state index contributed by atoms with van der Waals surface area (Å²) < 4.78 is 31.5. The zero-order chi connectivity index (χ0) is 22.0. The second-order valence-electron chi connectivity index (χ2n) is 7.38. The van der Waals surface area contributed by atoms with Crippen LogP contribution in [0.15, 0.2) is 78.9 Å². The van der Waals surface area contributed by atoms with E-state index in [0.29, 0.717) is 28.0 Å². The van der Waals surface area contributed by atoms with Gasteiger partial charge in [-0.2, -0.15) is 4.57 Å². The lowest BCUT2D eigenvalue weighted by atomic mass is 10.1. The minimum Gasteiger partial charge on any atom is -0.507 e. The highest BCUT2D eigenvalue weighted by atomic mass is 31.2. The summed E-state index contributed by atoms with van der Waals surface area (Å²) >= 11 is 0. The molecular formula is C25H23O5P. The van der Waals surface area contributed by atoms with Gasteiger partial charge in [0, 0.05) is 10.8 Å². The van der Waals surface area contributed by atoms with Gasteiger partial charge in [0.05, 0.1) is 0 Å². The number of hydrogen-bond donors (Lipinski definition) is 1. The van der Waals surface area contributed by atoms with Crippen LogP contribution in [0.3, 0.4) is 0 Å². The molecule has 4 aromatic rings. The highest BCUT2D eigenvalue weighted by Crippen LogP contribution is 2.52. The van der Waals surface area contributed by atoms with Crippen LogP contribution in [0.2, 0.25) is 0 Å². The van der Waals surface area contributed by atoms with Crippen LogP contribution in [0, 0.1) is 20.8 Å². The molecule has 0 radical (unpaired) electrons. The van der Waals surface area contributed by atoms with Gasteiger partial charge in [-0.3, -0.25) is 0 Å². The first kappa shape index (κ1) is 20.8. The fourth-order valence-electron chi connectivity index (χ4n) is 3.23. The predicted octanol–water partition coefficient (Wildman–Crippen LogP) is 7.12. The van der Waals surface area contributed by atoms with Gasteiger partial charge < -0.3 is 18.7 Å². The molecule has 0 aromatic heterocycles. The highest BCUT2D eigenvalue weighted by molar-refractivity contribution is 7.49. The standard InChI is InChI=1S/C25H23O5P/c1-17-12-13-20-21(16-17)22(26)14-15-25(20)30-31(27,28-23-10-6-4-8-18(23)2)29-24-11-7-5-9-19(24)3/h4-16,26H,1-3H3. The van der Waals surface area contributed by atoms with E-state index in [0.717, 1.165) is 16.7 Å². The summed E-state index contributed by atoms with van der Waals surface area (Å²) in [5, 5.41) is 11.5. The number of fused-ring (bicyclic) bond motifs is 1. The van der Waals surface area contributed by atoms with Gasteiger partial charge in [-0.25, -0.2) is 0 Å². The molecule has 0 heterocycles. The van der Waals surface area contributed by atoms with Crippen molar-refractivity contribution in [2.24, 2.45) is 0 Å². The Kier molecular flexibility index (Phi) is 5.62. The number of hydrogen-bond acceptors (Lipinski definition) is 5.